The lowest BCUT2D eigenvalue weighted by Crippen LogP contribution is -2.45. The minimum absolute atomic E-state index is 0.0227. The molecule has 0 fully saturated rings. The highest BCUT2D eigenvalue weighted by Crippen LogP contribution is 2.34. The number of anilines is 1. The van der Waals surface area contributed by atoms with Crippen molar-refractivity contribution in [2.45, 2.75) is 44.8 Å². The van der Waals surface area contributed by atoms with Gasteiger partial charge in [0.25, 0.3) is 5.91 Å². The maximum absolute atomic E-state index is 13.6. The molecule has 2 aromatic rings. The van der Waals surface area contributed by atoms with Crippen molar-refractivity contribution in [1.82, 2.24) is 19.7 Å². The topological polar surface area (TPSA) is 99.9 Å². The molecule has 4 rings (SSSR count). The summed E-state index contributed by atoms with van der Waals surface area (Å²) in [6.07, 6.45) is -3.09. The minimum atomic E-state index is -4.91. The number of alkyl halides is 3. The molecule has 1 unspecified atom stereocenters. The first kappa shape index (κ1) is 23.5. The van der Waals surface area contributed by atoms with Gasteiger partial charge in [0, 0.05) is 30.8 Å². The Morgan fingerprint density at radius 1 is 1.35 bits per heavy atom. The van der Waals surface area contributed by atoms with Crippen LogP contribution in [0.3, 0.4) is 0 Å². The normalized spacial score (nSPS) is 20.8. The van der Waals surface area contributed by atoms with E-state index < -0.39 is 35.6 Å². The van der Waals surface area contributed by atoms with Crippen LogP contribution < -0.4 is 5.32 Å². The van der Waals surface area contributed by atoms with Crippen LogP contribution in [0.5, 0.6) is 0 Å². The second-order valence-electron chi connectivity index (χ2n) is 8.05. The third-order valence-electron chi connectivity index (χ3n) is 5.70. The van der Waals surface area contributed by atoms with Crippen molar-refractivity contribution < 1.29 is 37.1 Å². The molecule has 0 radical (unpaired) electrons. The van der Waals surface area contributed by atoms with Gasteiger partial charge in [-0.2, -0.15) is 18.3 Å². The van der Waals surface area contributed by atoms with Crippen LogP contribution in [0.25, 0.3) is 0 Å². The van der Waals surface area contributed by atoms with Gasteiger partial charge < -0.3 is 15.3 Å². The Morgan fingerprint density at radius 2 is 2.09 bits per heavy atom. The highest BCUT2D eigenvalue weighted by atomic mass is 19.4. The van der Waals surface area contributed by atoms with Crippen LogP contribution in [0.4, 0.5) is 28.0 Å². The average molecular weight is 483 g/mol. The number of nitrogens with one attached hydrogen (secondary N) is 1. The van der Waals surface area contributed by atoms with Crippen LogP contribution in [0.2, 0.25) is 0 Å². The number of fused-ring (bicyclic) bond motifs is 3. The summed E-state index contributed by atoms with van der Waals surface area (Å²) in [6.45, 7) is 1.87. The summed E-state index contributed by atoms with van der Waals surface area (Å²) in [7, 11) is 1.41. The highest BCUT2D eigenvalue weighted by molar-refractivity contribution is 5.94. The molecule has 2 aliphatic heterocycles. The zero-order valence-electron chi connectivity index (χ0n) is 18.1. The predicted octanol–water partition coefficient (Wildman–Crippen LogP) is 3.48. The Labute approximate surface area is 191 Å². The number of rotatable bonds is 2. The van der Waals surface area contributed by atoms with E-state index in [2.05, 4.69) is 10.4 Å². The van der Waals surface area contributed by atoms with Gasteiger partial charge in [0.15, 0.2) is 0 Å². The van der Waals surface area contributed by atoms with Crippen LogP contribution >= 0.6 is 0 Å². The van der Waals surface area contributed by atoms with Crippen LogP contribution in [-0.2, 0) is 30.5 Å². The summed E-state index contributed by atoms with van der Waals surface area (Å²) in [5.41, 5.74) is -0.368. The number of nitrogens with zero attached hydrogens (tertiary/aromatic N) is 4. The van der Waals surface area contributed by atoms with E-state index in [0.717, 1.165) is 17.4 Å². The van der Waals surface area contributed by atoms with E-state index >= 15 is 0 Å². The number of aromatic nitrogens is 2. The standard InChI is InChI=1S/C21H21F4N5O4/c1-11-7-17-14(18-19(32)28(2)34-13(5-6-31)9-30(18)27-17)10-29(11)20(33)26-12-3-4-16(22)15(8-12)21(23,24)25/h3-6,8,11,13,31H,7,9-10H2,1-2H3,(H,26,33)/b6-5+/t11-,13?/m1/s1. The number of hydrogen-bond acceptors (Lipinski definition) is 5. The number of carbonyl (C=O) groups excluding carboxylic acids is 2. The lowest BCUT2D eigenvalue weighted by Gasteiger charge is -2.33. The monoisotopic (exact) mass is 483 g/mol. The SMILES string of the molecule is C[C@@H]1Cc2nn3c(c2CN1C(=O)Nc1ccc(F)c(C(F)(F)F)c1)C(=O)N(C)OC(/C=C/O)C3. The van der Waals surface area contributed by atoms with Gasteiger partial charge in [0.2, 0.25) is 0 Å². The van der Waals surface area contributed by atoms with Gasteiger partial charge >= 0.3 is 12.2 Å². The van der Waals surface area contributed by atoms with E-state index in [1.54, 1.807) is 6.92 Å². The maximum Gasteiger partial charge on any atom is 0.419 e. The predicted molar refractivity (Wildman–Crippen MR) is 110 cm³/mol. The number of hydrogen-bond donors (Lipinski definition) is 2. The van der Waals surface area contributed by atoms with Gasteiger partial charge in [-0.15, -0.1) is 0 Å². The molecule has 182 valence electrons. The molecule has 2 atom stereocenters. The van der Waals surface area contributed by atoms with Crippen LogP contribution in [0.15, 0.2) is 30.5 Å². The zero-order chi connectivity index (χ0) is 24.8. The van der Waals surface area contributed by atoms with Crippen LogP contribution in [0.1, 0.15) is 34.2 Å². The molecule has 3 amide bonds. The molecule has 0 aliphatic carbocycles. The number of hydroxylamine groups is 2. The van der Waals surface area contributed by atoms with Crippen molar-refractivity contribution >= 4 is 17.6 Å². The van der Waals surface area contributed by atoms with E-state index in [4.69, 9.17) is 9.94 Å². The Hall–Kier alpha value is -3.61. The number of amides is 3. The lowest BCUT2D eigenvalue weighted by atomic mass is 9.99. The van der Waals surface area contributed by atoms with Crippen molar-refractivity contribution in [2.24, 2.45) is 0 Å². The fourth-order valence-corrected chi connectivity index (χ4v) is 4.05. The van der Waals surface area contributed by atoms with E-state index in [9.17, 15) is 27.2 Å². The van der Waals surface area contributed by atoms with Gasteiger partial charge in [-0.1, -0.05) is 0 Å². The largest absolute Gasteiger partial charge is 0.516 e. The molecule has 3 heterocycles. The van der Waals surface area contributed by atoms with Crippen molar-refractivity contribution in [3.63, 3.8) is 0 Å². The summed E-state index contributed by atoms with van der Waals surface area (Å²) in [5.74, 6) is -1.94. The summed E-state index contributed by atoms with van der Waals surface area (Å²) < 4.78 is 54.1. The fourth-order valence-electron chi connectivity index (χ4n) is 4.05. The Balaban J connectivity index is 1.61. The maximum atomic E-state index is 13.6. The van der Waals surface area contributed by atoms with E-state index in [0.29, 0.717) is 29.8 Å². The Kier molecular flexibility index (Phi) is 5.98. The third kappa shape index (κ3) is 4.30. The van der Waals surface area contributed by atoms with Gasteiger partial charge in [0.05, 0.1) is 30.6 Å². The van der Waals surface area contributed by atoms with Gasteiger partial charge in [0.1, 0.15) is 17.6 Å². The Morgan fingerprint density at radius 3 is 2.76 bits per heavy atom. The average Bonchev–Trinajstić information content (AvgIpc) is 3.03. The molecule has 0 saturated carbocycles. The van der Waals surface area contributed by atoms with E-state index in [1.165, 1.54) is 22.7 Å². The summed E-state index contributed by atoms with van der Waals surface area (Å²) >= 11 is 0. The van der Waals surface area contributed by atoms with Gasteiger partial charge in [-0.3, -0.25) is 14.3 Å². The molecule has 0 saturated heterocycles. The smallest absolute Gasteiger partial charge is 0.419 e. The van der Waals surface area contributed by atoms with E-state index in [1.807, 2.05) is 0 Å². The lowest BCUT2D eigenvalue weighted by molar-refractivity contribution is -0.139. The van der Waals surface area contributed by atoms with Crippen molar-refractivity contribution in [2.75, 3.05) is 12.4 Å². The molecule has 0 spiro atoms. The number of aliphatic hydroxyl groups is 1. The quantitative estimate of drug-likeness (QED) is 0.503. The molecule has 0 bridgehead atoms. The molecule has 2 aliphatic rings. The van der Waals surface area contributed by atoms with E-state index in [-0.39, 0.29) is 30.5 Å². The zero-order valence-corrected chi connectivity index (χ0v) is 18.1. The molecular weight excluding hydrogens is 462 g/mol. The molecule has 1 aromatic carbocycles. The second kappa shape index (κ2) is 8.63. The molecule has 2 N–H and O–H groups in total. The van der Waals surface area contributed by atoms with Crippen LogP contribution in [0, 0.1) is 5.82 Å². The molecule has 13 heteroatoms. The first-order valence-electron chi connectivity index (χ1n) is 10.3. The summed E-state index contributed by atoms with van der Waals surface area (Å²) in [4.78, 5) is 32.7. The van der Waals surface area contributed by atoms with Crippen molar-refractivity contribution in [3.05, 3.63) is 58.9 Å². The summed E-state index contributed by atoms with van der Waals surface area (Å²) in [6, 6.07) is 1.12. The van der Waals surface area contributed by atoms with Crippen LogP contribution in [-0.4, -0.2) is 56.0 Å². The first-order chi connectivity index (χ1) is 16.0. The number of urea groups is 1. The highest BCUT2D eigenvalue weighted by Gasteiger charge is 2.38. The van der Waals surface area contributed by atoms with Gasteiger partial charge in [-0.25, -0.2) is 14.2 Å². The van der Waals surface area contributed by atoms with Gasteiger partial charge in [-0.05, 0) is 31.2 Å². The second-order valence-corrected chi connectivity index (χ2v) is 8.05. The fraction of sp³-hybridized carbons (Fsp3) is 0.381. The Bertz CT molecular complexity index is 1160. The summed E-state index contributed by atoms with van der Waals surface area (Å²) in [5, 5.41) is 17.0. The molecule has 9 nitrogen and oxygen atoms in total. The molecule has 1 aromatic heterocycles. The number of halogens is 4. The minimum Gasteiger partial charge on any atom is -0.516 e. The van der Waals surface area contributed by atoms with Crippen molar-refractivity contribution in [1.29, 1.82) is 0 Å². The molecule has 34 heavy (non-hydrogen) atoms. The number of carbonyl (C=O) groups is 2. The number of aliphatic hydroxyl groups excluding tert-OH is 1. The van der Waals surface area contributed by atoms with Crippen molar-refractivity contribution in [3.8, 4) is 0 Å². The first-order valence-corrected chi connectivity index (χ1v) is 10.3. The molecular formula is C21H21F4N5O4. The third-order valence-corrected chi connectivity index (χ3v) is 5.70. The number of benzene rings is 1.